The smallest absolute Gasteiger partial charge is 0.352 e. The largest absolute Gasteiger partial charge is 0.435 e. The zero-order chi connectivity index (χ0) is 19.3. The van der Waals surface area contributed by atoms with Crippen molar-refractivity contribution in [3.63, 3.8) is 0 Å². The summed E-state index contributed by atoms with van der Waals surface area (Å²) in [5.41, 5.74) is 1.47. The van der Waals surface area contributed by atoms with Crippen LogP contribution in [0, 0.1) is 6.92 Å². The third kappa shape index (κ3) is 5.17. The van der Waals surface area contributed by atoms with Gasteiger partial charge in [0.2, 0.25) is 0 Å². The lowest BCUT2D eigenvalue weighted by atomic mass is 10.1. The lowest BCUT2D eigenvalue weighted by molar-refractivity contribution is -0.142. The van der Waals surface area contributed by atoms with E-state index in [1.165, 1.54) is 18.8 Å². The highest BCUT2D eigenvalue weighted by atomic mass is 32.2. The van der Waals surface area contributed by atoms with E-state index in [2.05, 4.69) is 26.8 Å². The van der Waals surface area contributed by atoms with E-state index in [0.29, 0.717) is 12.5 Å². The number of hydrogen-bond acceptors (Lipinski definition) is 3. The molecule has 9 heteroatoms. The van der Waals surface area contributed by atoms with Crippen LogP contribution in [-0.2, 0) is 26.3 Å². The molecule has 0 aliphatic heterocycles. The molecule has 2 aromatic rings. The number of hydrogen-bond donors (Lipinski definition) is 2. The number of benzene rings is 1. The van der Waals surface area contributed by atoms with Crippen molar-refractivity contribution in [1.82, 2.24) is 20.4 Å². The predicted octanol–water partition coefficient (Wildman–Crippen LogP) is 3.33. The molecule has 0 aliphatic rings. The first kappa shape index (κ1) is 20.2. The third-order valence-corrected chi connectivity index (χ3v) is 4.55. The Morgan fingerprint density at radius 1 is 1.23 bits per heavy atom. The lowest BCUT2D eigenvalue weighted by Gasteiger charge is -2.14. The Morgan fingerprint density at radius 3 is 2.46 bits per heavy atom. The molecule has 0 atom stereocenters. The average molecular weight is 385 g/mol. The van der Waals surface area contributed by atoms with Crippen LogP contribution in [0.15, 0.2) is 34.3 Å². The van der Waals surface area contributed by atoms with Gasteiger partial charge >= 0.3 is 6.18 Å². The highest BCUT2D eigenvalue weighted by molar-refractivity contribution is 7.98. The fraction of sp³-hybridized carbons (Fsp3) is 0.412. The molecule has 2 N–H and O–H groups in total. The van der Waals surface area contributed by atoms with Crippen molar-refractivity contribution >= 4 is 17.7 Å². The minimum atomic E-state index is -4.48. The summed E-state index contributed by atoms with van der Waals surface area (Å²) < 4.78 is 40.2. The van der Waals surface area contributed by atoms with Crippen LogP contribution in [0.5, 0.6) is 0 Å². The van der Waals surface area contributed by atoms with Gasteiger partial charge in [0, 0.05) is 43.8 Å². The van der Waals surface area contributed by atoms with E-state index >= 15 is 0 Å². The van der Waals surface area contributed by atoms with Crippen molar-refractivity contribution in [1.29, 1.82) is 0 Å². The molecule has 0 fully saturated rings. The fourth-order valence-corrected chi connectivity index (χ4v) is 3.19. The van der Waals surface area contributed by atoms with Crippen molar-refractivity contribution in [3.05, 3.63) is 46.8 Å². The summed E-state index contributed by atoms with van der Waals surface area (Å²) in [6.45, 7) is 2.53. The topological polar surface area (TPSA) is 54.2 Å². The highest BCUT2D eigenvalue weighted by Crippen LogP contribution is 2.30. The predicted molar refractivity (Wildman–Crippen MR) is 98.2 cm³/mol. The van der Waals surface area contributed by atoms with Crippen LogP contribution in [-0.4, -0.2) is 29.0 Å². The summed E-state index contributed by atoms with van der Waals surface area (Å²) in [6, 6.07) is 6.16. The Labute approximate surface area is 155 Å². The molecule has 2 rings (SSSR count). The summed E-state index contributed by atoms with van der Waals surface area (Å²) in [7, 11) is 3.04. The van der Waals surface area contributed by atoms with Gasteiger partial charge in [-0.15, -0.1) is 11.8 Å². The highest BCUT2D eigenvalue weighted by Gasteiger charge is 2.36. The van der Waals surface area contributed by atoms with E-state index in [9.17, 15) is 13.2 Å². The number of guanidine groups is 1. The summed E-state index contributed by atoms with van der Waals surface area (Å²) >= 11 is 1.65. The first-order valence-electron chi connectivity index (χ1n) is 7.92. The first-order valence-corrected chi connectivity index (χ1v) is 9.14. The minimum absolute atomic E-state index is 0.0222. The molecule has 0 radical (unpaired) electrons. The second kappa shape index (κ2) is 8.48. The zero-order valence-electron chi connectivity index (χ0n) is 15.1. The van der Waals surface area contributed by atoms with Crippen LogP contribution in [0.4, 0.5) is 13.2 Å². The number of aromatic nitrogens is 2. The Balaban J connectivity index is 2.01. The van der Waals surface area contributed by atoms with E-state index in [1.54, 1.807) is 18.8 Å². The van der Waals surface area contributed by atoms with Gasteiger partial charge in [-0.1, -0.05) is 12.1 Å². The maximum Gasteiger partial charge on any atom is 0.435 e. The number of nitrogens with one attached hydrogen (secondary N) is 2. The van der Waals surface area contributed by atoms with Crippen LogP contribution in [0.2, 0.25) is 0 Å². The molecule has 0 saturated carbocycles. The van der Waals surface area contributed by atoms with E-state index in [1.807, 2.05) is 25.3 Å². The van der Waals surface area contributed by atoms with Crippen molar-refractivity contribution in [2.45, 2.75) is 31.1 Å². The first-order chi connectivity index (χ1) is 12.2. The van der Waals surface area contributed by atoms with Crippen LogP contribution in [0.3, 0.4) is 0 Å². The molecule has 1 heterocycles. The summed E-state index contributed by atoms with van der Waals surface area (Å²) in [5, 5.41) is 9.54. The molecule has 0 amide bonds. The lowest BCUT2D eigenvalue weighted by Crippen LogP contribution is -2.36. The van der Waals surface area contributed by atoms with E-state index in [0.717, 1.165) is 15.1 Å². The summed E-state index contributed by atoms with van der Waals surface area (Å²) in [6.07, 6.45) is -1.12. The monoisotopic (exact) mass is 385 g/mol. The maximum absolute atomic E-state index is 13.0. The van der Waals surface area contributed by atoms with Gasteiger partial charge in [-0.25, -0.2) is 0 Å². The zero-order valence-corrected chi connectivity index (χ0v) is 15.9. The van der Waals surface area contributed by atoms with Crippen molar-refractivity contribution in [2.75, 3.05) is 13.3 Å². The molecule has 0 saturated heterocycles. The second-order valence-electron chi connectivity index (χ2n) is 5.77. The number of rotatable bonds is 5. The van der Waals surface area contributed by atoms with E-state index in [4.69, 9.17) is 0 Å². The Morgan fingerprint density at radius 2 is 1.88 bits per heavy atom. The molecule has 26 heavy (non-hydrogen) atoms. The number of thioether (sulfide) groups is 1. The van der Waals surface area contributed by atoms with Gasteiger partial charge < -0.3 is 10.6 Å². The number of aryl methyl sites for hydroxylation is 2. The Kier molecular flexibility index (Phi) is 6.57. The van der Waals surface area contributed by atoms with Gasteiger partial charge in [-0.2, -0.15) is 18.3 Å². The molecule has 142 valence electrons. The molecule has 1 aromatic carbocycles. The van der Waals surface area contributed by atoms with Crippen LogP contribution in [0.1, 0.15) is 22.4 Å². The number of aliphatic imine (C=N–C) groups is 1. The maximum atomic E-state index is 13.0. The summed E-state index contributed by atoms with van der Waals surface area (Å²) in [4.78, 5) is 5.22. The number of halogens is 3. The van der Waals surface area contributed by atoms with E-state index in [-0.39, 0.29) is 12.1 Å². The molecule has 1 aromatic heterocycles. The van der Waals surface area contributed by atoms with Crippen LogP contribution >= 0.6 is 11.8 Å². The van der Waals surface area contributed by atoms with Crippen molar-refractivity contribution in [3.8, 4) is 0 Å². The molecular weight excluding hydrogens is 363 g/mol. The van der Waals surface area contributed by atoms with Crippen LogP contribution < -0.4 is 10.6 Å². The SMILES string of the molecule is CN=C(NCc1ccc(C)cc1SC)NCc1cn(C)nc1C(F)(F)F. The van der Waals surface area contributed by atoms with Gasteiger partial charge in [-0.3, -0.25) is 9.67 Å². The average Bonchev–Trinajstić information content (AvgIpc) is 2.97. The van der Waals surface area contributed by atoms with Gasteiger partial charge in [0.05, 0.1) is 0 Å². The molecular formula is C17H22F3N5S. The molecule has 0 unspecified atom stereocenters. The molecule has 0 bridgehead atoms. The van der Waals surface area contributed by atoms with Crippen molar-refractivity contribution < 1.29 is 13.2 Å². The molecule has 0 aliphatic carbocycles. The minimum Gasteiger partial charge on any atom is -0.352 e. The van der Waals surface area contributed by atoms with Crippen LogP contribution in [0.25, 0.3) is 0 Å². The third-order valence-electron chi connectivity index (χ3n) is 3.73. The van der Waals surface area contributed by atoms with Gasteiger partial charge in [0.25, 0.3) is 0 Å². The number of alkyl halides is 3. The number of nitrogens with zero attached hydrogens (tertiary/aromatic N) is 3. The Hall–Kier alpha value is -2.16. The van der Waals surface area contributed by atoms with Crippen molar-refractivity contribution in [2.24, 2.45) is 12.0 Å². The normalized spacial score (nSPS) is 12.3. The molecule has 0 spiro atoms. The van der Waals surface area contributed by atoms with Gasteiger partial charge in [0.15, 0.2) is 11.7 Å². The quantitative estimate of drug-likeness (QED) is 0.471. The van der Waals surface area contributed by atoms with Gasteiger partial charge in [-0.05, 0) is 30.4 Å². The Bertz CT molecular complexity index is 783. The fourth-order valence-electron chi connectivity index (χ4n) is 2.48. The molecule has 5 nitrogen and oxygen atoms in total. The van der Waals surface area contributed by atoms with E-state index < -0.39 is 11.9 Å². The second-order valence-corrected chi connectivity index (χ2v) is 6.62. The standard InChI is InChI=1S/C17H22F3N5S/c1-11-5-6-12(14(7-11)26-4)8-22-16(21-2)23-9-13-10-25(3)24-15(13)17(18,19)20/h5-7,10H,8-9H2,1-4H3,(H2,21,22,23). The summed E-state index contributed by atoms with van der Waals surface area (Å²) in [5.74, 6) is 0.426. The van der Waals surface area contributed by atoms with Gasteiger partial charge in [0.1, 0.15) is 0 Å².